The molecule has 3 heteroatoms. The van der Waals surface area contributed by atoms with Gasteiger partial charge in [-0.25, -0.2) is 9.18 Å². The van der Waals surface area contributed by atoms with Crippen molar-refractivity contribution in [2.45, 2.75) is 13.8 Å². The van der Waals surface area contributed by atoms with Crippen molar-refractivity contribution in [2.24, 2.45) is 0 Å². The molecule has 0 aromatic heterocycles. The first-order valence-electron chi connectivity index (χ1n) is 6.25. The molecule has 0 saturated heterocycles. The third-order valence-electron chi connectivity index (χ3n) is 3.08. The number of rotatable bonds is 3. The van der Waals surface area contributed by atoms with E-state index in [0.717, 1.165) is 11.1 Å². The molecule has 2 rings (SSSR count). The summed E-state index contributed by atoms with van der Waals surface area (Å²) in [5.74, 6) is -1.34. The predicted octanol–water partition coefficient (Wildman–Crippen LogP) is 4.07. The minimum Gasteiger partial charge on any atom is -0.478 e. The van der Waals surface area contributed by atoms with Crippen LogP contribution >= 0.6 is 0 Å². The van der Waals surface area contributed by atoms with Crippen molar-refractivity contribution in [3.8, 4) is 0 Å². The Hall–Kier alpha value is -2.42. The van der Waals surface area contributed by atoms with Crippen molar-refractivity contribution in [1.29, 1.82) is 0 Å². The number of carboxylic acid groups (broad SMARTS) is 1. The van der Waals surface area contributed by atoms with E-state index in [1.54, 1.807) is 24.3 Å². The quantitative estimate of drug-likeness (QED) is 0.674. The van der Waals surface area contributed by atoms with Gasteiger partial charge in [0.05, 0.1) is 5.57 Å². The minimum absolute atomic E-state index is 0.203. The summed E-state index contributed by atoms with van der Waals surface area (Å²) < 4.78 is 12.9. The van der Waals surface area contributed by atoms with Crippen LogP contribution in [-0.2, 0) is 4.79 Å². The summed E-state index contributed by atoms with van der Waals surface area (Å²) in [6.07, 6.45) is 1.56. The lowest BCUT2D eigenvalue weighted by Crippen LogP contribution is -2.01. The van der Waals surface area contributed by atoms with Crippen LogP contribution in [0.15, 0.2) is 42.5 Å². The van der Waals surface area contributed by atoms with E-state index in [4.69, 9.17) is 0 Å². The van der Waals surface area contributed by atoms with Gasteiger partial charge in [0.15, 0.2) is 0 Å². The first-order valence-corrected chi connectivity index (χ1v) is 6.25. The van der Waals surface area contributed by atoms with Crippen LogP contribution in [0.1, 0.15) is 22.3 Å². The molecule has 0 atom stereocenters. The summed E-state index contributed by atoms with van der Waals surface area (Å²) in [5, 5.41) is 9.39. The van der Waals surface area contributed by atoms with E-state index in [1.807, 2.05) is 26.0 Å². The van der Waals surface area contributed by atoms with Gasteiger partial charge in [-0.2, -0.15) is 0 Å². The molecule has 0 saturated carbocycles. The molecule has 0 aliphatic carbocycles. The maximum atomic E-state index is 12.9. The molecule has 0 amide bonds. The van der Waals surface area contributed by atoms with Crippen LogP contribution in [0, 0.1) is 19.7 Å². The maximum absolute atomic E-state index is 12.9. The van der Waals surface area contributed by atoms with E-state index >= 15 is 0 Å². The summed E-state index contributed by atoms with van der Waals surface area (Å²) in [7, 11) is 0. The lowest BCUT2D eigenvalue weighted by Gasteiger charge is -2.08. The average Bonchev–Trinajstić information content (AvgIpc) is 2.39. The molecule has 1 N–H and O–H groups in total. The maximum Gasteiger partial charge on any atom is 0.336 e. The van der Waals surface area contributed by atoms with E-state index in [1.165, 1.54) is 12.1 Å². The van der Waals surface area contributed by atoms with Gasteiger partial charge < -0.3 is 5.11 Å². The van der Waals surface area contributed by atoms with Crippen LogP contribution in [0.5, 0.6) is 0 Å². The first kappa shape index (κ1) is 14.0. The summed E-state index contributed by atoms with van der Waals surface area (Å²) in [5.41, 5.74) is 3.52. The lowest BCUT2D eigenvalue weighted by molar-refractivity contribution is -0.130. The summed E-state index contributed by atoms with van der Waals surface area (Å²) >= 11 is 0. The highest BCUT2D eigenvalue weighted by Crippen LogP contribution is 2.23. The third-order valence-corrected chi connectivity index (χ3v) is 3.08. The Morgan fingerprint density at radius 1 is 1.10 bits per heavy atom. The molecular formula is C17H15FO2. The fourth-order valence-electron chi connectivity index (χ4n) is 2.10. The zero-order valence-electron chi connectivity index (χ0n) is 11.4. The second-order valence-corrected chi connectivity index (χ2v) is 4.73. The van der Waals surface area contributed by atoms with E-state index in [-0.39, 0.29) is 11.4 Å². The van der Waals surface area contributed by atoms with Crippen LogP contribution in [-0.4, -0.2) is 11.1 Å². The molecule has 2 aromatic rings. The normalized spacial score (nSPS) is 11.4. The SMILES string of the molecule is Cc1ccc(/C(=C/c2ccc(F)cc2)C(=O)O)c(C)c1. The number of hydrogen-bond acceptors (Lipinski definition) is 1. The Labute approximate surface area is 117 Å². The van der Waals surface area contributed by atoms with Crippen molar-refractivity contribution in [3.05, 3.63) is 70.5 Å². The van der Waals surface area contributed by atoms with Gasteiger partial charge in [-0.15, -0.1) is 0 Å². The van der Waals surface area contributed by atoms with Gasteiger partial charge in [0.25, 0.3) is 0 Å². The molecule has 0 aliphatic heterocycles. The van der Waals surface area contributed by atoms with Crippen LogP contribution in [0.2, 0.25) is 0 Å². The molecule has 0 bridgehead atoms. The summed E-state index contributed by atoms with van der Waals surface area (Å²) in [6.45, 7) is 3.84. The molecule has 0 spiro atoms. The number of carbonyl (C=O) groups is 1. The van der Waals surface area contributed by atoms with Crippen molar-refractivity contribution in [3.63, 3.8) is 0 Å². The summed E-state index contributed by atoms with van der Waals surface area (Å²) in [4.78, 5) is 11.5. The number of aryl methyl sites for hydroxylation is 2. The Bertz CT molecular complexity index is 670. The largest absolute Gasteiger partial charge is 0.478 e. The van der Waals surface area contributed by atoms with Crippen LogP contribution in [0.3, 0.4) is 0 Å². The van der Waals surface area contributed by atoms with Gasteiger partial charge in [0.2, 0.25) is 0 Å². The van der Waals surface area contributed by atoms with Gasteiger partial charge in [-0.05, 0) is 48.7 Å². The number of hydrogen-bond donors (Lipinski definition) is 1. The van der Waals surface area contributed by atoms with Crippen molar-refractivity contribution in [2.75, 3.05) is 0 Å². The molecule has 0 aliphatic rings. The molecule has 0 fully saturated rings. The zero-order chi connectivity index (χ0) is 14.7. The molecular weight excluding hydrogens is 255 g/mol. The Kier molecular flexibility index (Phi) is 3.99. The van der Waals surface area contributed by atoms with Crippen molar-refractivity contribution >= 4 is 17.6 Å². The molecule has 2 nitrogen and oxygen atoms in total. The zero-order valence-corrected chi connectivity index (χ0v) is 11.4. The van der Waals surface area contributed by atoms with Crippen LogP contribution < -0.4 is 0 Å². The van der Waals surface area contributed by atoms with Gasteiger partial charge in [-0.3, -0.25) is 0 Å². The summed E-state index contributed by atoms with van der Waals surface area (Å²) in [6, 6.07) is 11.4. The fraction of sp³-hybridized carbons (Fsp3) is 0.118. The second kappa shape index (κ2) is 5.70. The predicted molar refractivity (Wildman–Crippen MR) is 77.8 cm³/mol. The highest BCUT2D eigenvalue weighted by Gasteiger charge is 2.13. The highest BCUT2D eigenvalue weighted by atomic mass is 19.1. The van der Waals surface area contributed by atoms with Crippen LogP contribution in [0.4, 0.5) is 4.39 Å². The number of halogens is 1. The second-order valence-electron chi connectivity index (χ2n) is 4.73. The van der Waals surface area contributed by atoms with E-state index < -0.39 is 5.97 Å². The Morgan fingerprint density at radius 3 is 2.30 bits per heavy atom. The first-order chi connectivity index (χ1) is 9.47. The molecule has 0 unspecified atom stereocenters. The standard InChI is InChI=1S/C17H15FO2/c1-11-3-8-15(12(2)9-11)16(17(19)20)10-13-4-6-14(18)7-5-13/h3-10H,1-2H3,(H,19,20)/b16-10-. The minimum atomic E-state index is -0.999. The lowest BCUT2D eigenvalue weighted by atomic mass is 9.97. The molecule has 102 valence electrons. The number of carboxylic acids is 1. The monoisotopic (exact) mass is 270 g/mol. The van der Waals surface area contributed by atoms with Crippen molar-refractivity contribution < 1.29 is 14.3 Å². The molecule has 20 heavy (non-hydrogen) atoms. The van der Waals surface area contributed by atoms with Gasteiger partial charge >= 0.3 is 5.97 Å². The van der Waals surface area contributed by atoms with Gasteiger partial charge in [0, 0.05) is 0 Å². The fourth-order valence-corrected chi connectivity index (χ4v) is 2.10. The van der Waals surface area contributed by atoms with E-state index in [9.17, 15) is 14.3 Å². The van der Waals surface area contributed by atoms with Gasteiger partial charge in [0.1, 0.15) is 5.82 Å². The number of aliphatic carboxylic acids is 1. The van der Waals surface area contributed by atoms with Crippen molar-refractivity contribution in [1.82, 2.24) is 0 Å². The van der Waals surface area contributed by atoms with E-state index in [2.05, 4.69) is 0 Å². The third kappa shape index (κ3) is 3.12. The Balaban J connectivity index is 2.51. The molecule has 0 radical (unpaired) electrons. The topological polar surface area (TPSA) is 37.3 Å². The number of benzene rings is 2. The molecule has 0 heterocycles. The van der Waals surface area contributed by atoms with Gasteiger partial charge in [-0.1, -0.05) is 35.9 Å². The smallest absolute Gasteiger partial charge is 0.336 e. The molecule has 2 aromatic carbocycles. The Morgan fingerprint density at radius 2 is 1.75 bits per heavy atom. The van der Waals surface area contributed by atoms with E-state index in [0.29, 0.717) is 11.1 Å². The van der Waals surface area contributed by atoms with Crippen LogP contribution in [0.25, 0.3) is 11.6 Å². The highest BCUT2D eigenvalue weighted by molar-refractivity contribution is 6.21. The average molecular weight is 270 g/mol.